The van der Waals surface area contributed by atoms with Crippen LogP contribution in [0.25, 0.3) is 11.1 Å². The van der Waals surface area contributed by atoms with Crippen LogP contribution in [0.4, 0.5) is 6.01 Å². The summed E-state index contributed by atoms with van der Waals surface area (Å²) in [6.07, 6.45) is 5.21. The highest BCUT2D eigenvalue weighted by Crippen LogP contribution is 2.18. The maximum atomic E-state index is 5.65. The molecule has 20 heavy (non-hydrogen) atoms. The molecule has 1 aliphatic rings. The minimum absolute atomic E-state index is 0.637. The molecule has 108 valence electrons. The highest BCUT2D eigenvalue weighted by atomic mass is 16.4. The zero-order chi connectivity index (χ0) is 13.8. The molecule has 1 aromatic heterocycles. The van der Waals surface area contributed by atoms with E-state index in [1.54, 1.807) is 0 Å². The molecule has 1 aliphatic heterocycles. The number of fused-ring (bicyclic) bond motifs is 1. The number of likely N-dealkylation sites (tertiary alicyclic amines) is 1. The summed E-state index contributed by atoms with van der Waals surface area (Å²) in [5.41, 5.74) is 1.76. The van der Waals surface area contributed by atoms with Crippen LogP contribution >= 0.6 is 0 Å². The molecule has 0 saturated carbocycles. The molecule has 0 spiro atoms. The van der Waals surface area contributed by atoms with Gasteiger partial charge in [-0.25, -0.2) is 0 Å². The van der Waals surface area contributed by atoms with Gasteiger partial charge in [0.05, 0.1) is 0 Å². The summed E-state index contributed by atoms with van der Waals surface area (Å²) < 4.78 is 5.65. The Labute approximate surface area is 120 Å². The van der Waals surface area contributed by atoms with Gasteiger partial charge in [0, 0.05) is 19.1 Å². The van der Waals surface area contributed by atoms with Gasteiger partial charge in [0.15, 0.2) is 5.58 Å². The van der Waals surface area contributed by atoms with Crippen LogP contribution in [0.2, 0.25) is 0 Å². The predicted octanol–water partition coefficient (Wildman–Crippen LogP) is 3.50. The maximum Gasteiger partial charge on any atom is 0.295 e. The summed E-state index contributed by atoms with van der Waals surface area (Å²) in [6.45, 7) is 5.67. The largest absolute Gasteiger partial charge is 0.424 e. The smallest absolute Gasteiger partial charge is 0.295 e. The van der Waals surface area contributed by atoms with E-state index in [4.69, 9.17) is 4.42 Å². The van der Waals surface area contributed by atoms with E-state index >= 15 is 0 Å². The lowest BCUT2D eigenvalue weighted by atomic mass is 10.0. The fourth-order valence-electron chi connectivity index (χ4n) is 2.92. The lowest BCUT2D eigenvalue weighted by Crippen LogP contribution is -2.38. The predicted molar refractivity (Wildman–Crippen MR) is 82.0 cm³/mol. The molecule has 1 fully saturated rings. The molecule has 3 rings (SSSR count). The Kier molecular flexibility index (Phi) is 4.21. The van der Waals surface area contributed by atoms with Crippen molar-refractivity contribution >= 4 is 17.1 Å². The molecular weight excluding hydrogens is 250 g/mol. The lowest BCUT2D eigenvalue weighted by molar-refractivity contribution is 0.160. The summed E-state index contributed by atoms with van der Waals surface area (Å²) in [5.74, 6) is 0. The molecule has 0 aliphatic carbocycles. The van der Waals surface area contributed by atoms with E-state index in [0.29, 0.717) is 6.01 Å². The molecule has 4 heteroatoms. The van der Waals surface area contributed by atoms with Gasteiger partial charge >= 0.3 is 0 Å². The van der Waals surface area contributed by atoms with Crippen LogP contribution in [0.3, 0.4) is 0 Å². The van der Waals surface area contributed by atoms with Crippen LogP contribution < -0.4 is 5.32 Å². The van der Waals surface area contributed by atoms with Crippen LogP contribution in [0, 0.1) is 0 Å². The third-order valence-corrected chi connectivity index (χ3v) is 4.13. The number of anilines is 1. The van der Waals surface area contributed by atoms with Crippen LogP contribution in [-0.4, -0.2) is 35.6 Å². The van der Waals surface area contributed by atoms with Gasteiger partial charge in [-0.15, -0.1) is 0 Å². The minimum atomic E-state index is 0.637. The van der Waals surface area contributed by atoms with Crippen molar-refractivity contribution < 1.29 is 4.42 Å². The van der Waals surface area contributed by atoms with Gasteiger partial charge in [-0.1, -0.05) is 18.6 Å². The highest BCUT2D eigenvalue weighted by molar-refractivity contribution is 5.74. The van der Waals surface area contributed by atoms with Crippen LogP contribution in [0.1, 0.15) is 32.6 Å². The van der Waals surface area contributed by atoms with Crippen molar-refractivity contribution in [2.24, 2.45) is 0 Å². The van der Waals surface area contributed by atoms with Crippen LogP contribution in [0.5, 0.6) is 0 Å². The highest BCUT2D eigenvalue weighted by Gasteiger charge is 2.17. The topological polar surface area (TPSA) is 41.3 Å². The van der Waals surface area contributed by atoms with Crippen molar-refractivity contribution in [1.82, 2.24) is 9.88 Å². The van der Waals surface area contributed by atoms with Crippen LogP contribution in [0.15, 0.2) is 28.7 Å². The average Bonchev–Trinajstić information content (AvgIpc) is 2.88. The van der Waals surface area contributed by atoms with E-state index in [9.17, 15) is 0 Å². The maximum absolute atomic E-state index is 5.65. The number of hydrogen-bond acceptors (Lipinski definition) is 4. The van der Waals surface area contributed by atoms with Crippen molar-refractivity contribution in [2.75, 3.05) is 25.0 Å². The number of piperidine rings is 1. The molecule has 2 heterocycles. The molecule has 1 atom stereocenters. The van der Waals surface area contributed by atoms with Crippen LogP contribution in [-0.2, 0) is 0 Å². The van der Waals surface area contributed by atoms with Crippen molar-refractivity contribution in [2.45, 2.75) is 38.6 Å². The van der Waals surface area contributed by atoms with E-state index in [-0.39, 0.29) is 0 Å². The van der Waals surface area contributed by atoms with Crippen molar-refractivity contribution in [1.29, 1.82) is 0 Å². The summed E-state index contributed by atoms with van der Waals surface area (Å²) in [5, 5.41) is 3.28. The number of nitrogens with zero attached hydrogens (tertiary/aromatic N) is 2. The first-order valence-corrected chi connectivity index (χ1v) is 7.66. The zero-order valence-corrected chi connectivity index (χ0v) is 12.1. The lowest BCUT2D eigenvalue weighted by Gasteiger charge is -2.33. The van der Waals surface area contributed by atoms with E-state index < -0.39 is 0 Å². The first-order valence-electron chi connectivity index (χ1n) is 7.66. The molecule has 0 unspecified atom stereocenters. The second-order valence-corrected chi connectivity index (χ2v) is 5.65. The molecule has 0 radical (unpaired) electrons. The van der Waals surface area contributed by atoms with Crippen molar-refractivity contribution in [3.63, 3.8) is 0 Å². The van der Waals surface area contributed by atoms with Gasteiger partial charge in [0.2, 0.25) is 0 Å². The molecule has 0 amide bonds. The molecule has 1 aromatic carbocycles. The molecule has 4 nitrogen and oxygen atoms in total. The summed E-state index contributed by atoms with van der Waals surface area (Å²) in [7, 11) is 0. The quantitative estimate of drug-likeness (QED) is 0.846. The monoisotopic (exact) mass is 273 g/mol. The Bertz CT molecular complexity index is 518. The fraction of sp³-hybridized carbons (Fsp3) is 0.562. The molecule has 1 N–H and O–H groups in total. The second-order valence-electron chi connectivity index (χ2n) is 5.65. The zero-order valence-electron chi connectivity index (χ0n) is 12.1. The third kappa shape index (κ3) is 3.12. The first kappa shape index (κ1) is 13.4. The van der Waals surface area contributed by atoms with E-state index in [0.717, 1.165) is 36.7 Å². The van der Waals surface area contributed by atoms with Gasteiger partial charge in [-0.3, -0.25) is 0 Å². The Morgan fingerprint density at radius 1 is 1.35 bits per heavy atom. The number of benzene rings is 1. The Morgan fingerprint density at radius 2 is 2.25 bits per heavy atom. The minimum Gasteiger partial charge on any atom is -0.424 e. The summed E-state index contributed by atoms with van der Waals surface area (Å²) in [4.78, 5) is 7.02. The van der Waals surface area contributed by atoms with Gasteiger partial charge in [-0.2, -0.15) is 4.98 Å². The number of oxazole rings is 1. The molecule has 2 aromatic rings. The SMILES string of the molecule is C[C@H]1CCCCN1CCCNc1nc2ccccc2o1. The molecule has 0 bridgehead atoms. The van der Waals surface area contributed by atoms with E-state index in [2.05, 4.69) is 22.1 Å². The second kappa shape index (κ2) is 6.27. The van der Waals surface area contributed by atoms with Crippen molar-refractivity contribution in [3.8, 4) is 0 Å². The number of para-hydroxylation sites is 2. The molecular formula is C16H23N3O. The van der Waals surface area contributed by atoms with Crippen molar-refractivity contribution in [3.05, 3.63) is 24.3 Å². The first-order chi connectivity index (χ1) is 9.83. The van der Waals surface area contributed by atoms with Gasteiger partial charge in [0.1, 0.15) is 5.52 Å². The summed E-state index contributed by atoms with van der Waals surface area (Å²) >= 11 is 0. The third-order valence-electron chi connectivity index (χ3n) is 4.13. The fourth-order valence-corrected chi connectivity index (χ4v) is 2.92. The molecule has 1 saturated heterocycles. The van der Waals surface area contributed by atoms with Gasteiger partial charge < -0.3 is 14.6 Å². The van der Waals surface area contributed by atoms with Gasteiger partial charge in [0.25, 0.3) is 6.01 Å². The Hall–Kier alpha value is -1.55. The number of rotatable bonds is 5. The Morgan fingerprint density at radius 3 is 3.10 bits per heavy atom. The Balaban J connectivity index is 1.45. The number of hydrogen-bond donors (Lipinski definition) is 1. The standard InChI is InChI=1S/C16H23N3O/c1-13-7-4-5-11-19(13)12-6-10-17-16-18-14-8-2-3-9-15(14)20-16/h2-3,8-9,13H,4-7,10-12H2,1H3,(H,17,18)/t13-/m0/s1. The van der Waals surface area contributed by atoms with Gasteiger partial charge in [-0.05, 0) is 44.9 Å². The number of nitrogens with one attached hydrogen (secondary N) is 1. The summed E-state index contributed by atoms with van der Waals surface area (Å²) in [6, 6.07) is 9.25. The normalized spacial score (nSPS) is 20.4. The van der Waals surface area contributed by atoms with E-state index in [1.165, 1.54) is 25.8 Å². The average molecular weight is 273 g/mol. The number of aromatic nitrogens is 1. The van der Waals surface area contributed by atoms with E-state index in [1.807, 2.05) is 24.3 Å².